The molecule has 2 aliphatic heterocycles. The van der Waals surface area contributed by atoms with Gasteiger partial charge in [-0.1, -0.05) is 0 Å². The highest BCUT2D eigenvalue weighted by molar-refractivity contribution is 5.94. The molecular weight excluding hydrogens is 436 g/mol. The van der Waals surface area contributed by atoms with Gasteiger partial charge in [-0.25, -0.2) is 9.97 Å². The van der Waals surface area contributed by atoms with Gasteiger partial charge in [0.05, 0.1) is 29.9 Å². The van der Waals surface area contributed by atoms with Gasteiger partial charge in [-0.15, -0.1) is 0 Å². The normalized spacial score (nSPS) is 17.6. The van der Waals surface area contributed by atoms with Crippen molar-refractivity contribution in [1.82, 2.24) is 25.2 Å². The van der Waals surface area contributed by atoms with E-state index in [1.54, 1.807) is 19.4 Å². The lowest BCUT2D eigenvalue weighted by Gasteiger charge is -2.33. The number of methoxy groups -OCH3 is 1. The number of rotatable bonds is 7. The van der Waals surface area contributed by atoms with Crippen LogP contribution in [-0.2, 0) is 11.3 Å². The van der Waals surface area contributed by atoms with Crippen molar-refractivity contribution in [3.8, 4) is 11.6 Å². The Hall–Kier alpha value is -3.34. The van der Waals surface area contributed by atoms with Gasteiger partial charge < -0.3 is 30.1 Å². The number of aromatic nitrogens is 3. The predicted octanol–water partition coefficient (Wildman–Crippen LogP) is 1.65. The highest BCUT2D eigenvalue weighted by atomic mass is 16.5. The van der Waals surface area contributed by atoms with Gasteiger partial charge in [0.1, 0.15) is 0 Å². The number of amides is 1. The lowest BCUT2D eigenvalue weighted by molar-refractivity contribution is -0.118. The molecule has 178 valence electrons. The first kappa shape index (κ1) is 22.5. The summed E-state index contributed by atoms with van der Waals surface area (Å²) in [6.45, 7) is 2.96. The summed E-state index contributed by atoms with van der Waals surface area (Å²) < 4.78 is 10.6. The van der Waals surface area contributed by atoms with E-state index < -0.39 is 6.10 Å². The lowest BCUT2D eigenvalue weighted by atomic mass is 10.0. The summed E-state index contributed by atoms with van der Waals surface area (Å²) in [6, 6.07) is 9.57. The number of nitrogens with one attached hydrogen (secondary N) is 2. The highest BCUT2D eigenvalue weighted by Crippen LogP contribution is 2.26. The molecular formula is C24H28N6O4. The number of β-amino-alcohol motifs (C(OH)–C–C–N with tert-alkyl or cyclic N) is 1. The molecule has 3 N–H and O–H groups in total. The molecule has 1 unspecified atom stereocenters. The molecule has 0 radical (unpaired) electrons. The summed E-state index contributed by atoms with van der Waals surface area (Å²) in [6.07, 6.45) is 2.99. The van der Waals surface area contributed by atoms with Crippen LogP contribution in [-0.4, -0.2) is 70.3 Å². The Morgan fingerprint density at radius 1 is 1.24 bits per heavy atom. The third-order valence-corrected chi connectivity index (χ3v) is 6.28. The van der Waals surface area contributed by atoms with E-state index in [9.17, 15) is 9.90 Å². The second kappa shape index (κ2) is 9.88. The molecule has 1 atom stereocenters. The minimum absolute atomic E-state index is 0.0294. The van der Waals surface area contributed by atoms with Gasteiger partial charge in [0.2, 0.25) is 5.88 Å². The molecule has 2 aliphatic rings. The zero-order valence-corrected chi connectivity index (χ0v) is 19.0. The van der Waals surface area contributed by atoms with E-state index in [-0.39, 0.29) is 12.5 Å². The van der Waals surface area contributed by atoms with E-state index in [1.165, 1.54) is 0 Å². The van der Waals surface area contributed by atoms with Crippen LogP contribution in [0.1, 0.15) is 30.2 Å². The van der Waals surface area contributed by atoms with Crippen LogP contribution in [0.25, 0.3) is 11.0 Å². The van der Waals surface area contributed by atoms with Crippen molar-refractivity contribution in [3.05, 3.63) is 47.8 Å². The van der Waals surface area contributed by atoms with Crippen LogP contribution in [0.5, 0.6) is 11.6 Å². The van der Waals surface area contributed by atoms with Crippen LogP contribution in [0.4, 0.5) is 5.82 Å². The number of anilines is 1. The molecule has 0 aromatic carbocycles. The van der Waals surface area contributed by atoms with Gasteiger partial charge in [-0.2, -0.15) is 0 Å². The number of ether oxygens (including phenoxy) is 2. The standard InChI is InChI=1S/C24H28N6O4/c1-33-22-5-3-18-23(29-22)17(6-9-25-18)19(31)13-30-10-7-15(8-11-30)26-12-16-2-4-20-24(27-16)28-21(32)14-34-20/h2-6,9,15,19,26,31H,7-8,10-14H2,1H3,(H,27,28,32). The maximum atomic E-state index is 11.5. The first-order valence-electron chi connectivity index (χ1n) is 11.4. The number of fused-ring (bicyclic) bond motifs is 2. The molecule has 5 rings (SSSR count). The minimum Gasteiger partial charge on any atom is -0.481 e. The smallest absolute Gasteiger partial charge is 0.263 e. The molecule has 10 heteroatoms. The monoisotopic (exact) mass is 464 g/mol. The molecule has 34 heavy (non-hydrogen) atoms. The third-order valence-electron chi connectivity index (χ3n) is 6.28. The first-order chi connectivity index (χ1) is 16.6. The van der Waals surface area contributed by atoms with Gasteiger partial charge in [0.15, 0.2) is 18.2 Å². The predicted molar refractivity (Wildman–Crippen MR) is 126 cm³/mol. The molecule has 0 saturated carbocycles. The quantitative estimate of drug-likeness (QED) is 0.479. The summed E-state index contributed by atoms with van der Waals surface area (Å²) in [7, 11) is 1.58. The van der Waals surface area contributed by atoms with Crippen molar-refractivity contribution in [2.45, 2.75) is 31.5 Å². The molecule has 1 fully saturated rings. The zero-order chi connectivity index (χ0) is 23.5. The van der Waals surface area contributed by atoms with Crippen LogP contribution < -0.4 is 20.1 Å². The Labute approximate surface area is 197 Å². The minimum atomic E-state index is -0.660. The van der Waals surface area contributed by atoms with E-state index in [1.807, 2.05) is 24.3 Å². The number of carbonyl (C=O) groups is 1. The van der Waals surface area contributed by atoms with Gasteiger partial charge in [-0.05, 0) is 50.2 Å². The summed E-state index contributed by atoms with van der Waals surface area (Å²) >= 11 is 0. The Bertz CT molecular complexity index is 1180. The van der Waals surface area contributed by atoms with Gasteiger partial charge in [-0.3, -0.25) is 9.78 Å². The molecule has 1 saturated heterocycles. The molecule has 0 bridgehead atoms. The molecule has 0 aliphatic carbocycles. The topological polar surface area (TPSA) is 122 Å². The average molecular weight is 465 g/mol. The number of nitrogens with zero attached hydrogens (tertiary/aromatic N) is 4. The van der Waals surface area contributed by atoms with Crippen molar-refractivity contribution in [3.63, 3.8) is 0 Å². The van der Waals surface area contributed by atoms with Crippen molar-refractivity contribution < 1.29 is 19.4 Å². The van der Waals surface area contributed by atoms with E-state index in [4.69, 9.17) is 9.47 Å². The molecule has 3 aromatic heterocycles. The lowest BCUT2D eigenvalue weighted by Crippen LogP contribution is -2.43. The Morgan fingerprint density at radius 2 is 2.09 bits per heavy atom. The average Bonchev–Trinajstić information content (AvgIpc) is 2.87. The number of likely N-dealkylation sites (tertiary alicyclic amines) is 1. The molecule has 1 amide bonds. The van der Waals surface area contributed by atoms with Crippen LogP contribution >= 0.6 is 0 Å². The number of pyridine rings is 3. The Balaban J connectivity index is 1.14. The third kappa shape index (κ3) is 4.93. The van der Waals surface area contributed by atoms with Crippen molar-refractivity contribution in [2.75, 3.05) is 38.7 Å². The number of hydrogen-bond donors (Lipinski definition) is 3. The van der Waals surface area contributed by atoms with E-state index in [0.717, 1.165) is 42.7 Å². The van der Waals surface area contributed by atoms with Crippen LogP contribution in [0.2, 0.25) is 0 Å². The molecule has 10 nitrogen and oxygen atoms in total. The Kier molecular flexibility index (Phi) is 6.52. The van der Waals surface area contributed by atoms with Crippen LogP contribution in [0, 0.1) is 0 Å². The van der Waals surface area contributed by atoms with Crippen molar-refractivity contribution >= 4 is 22.8 Å². The number of hydrogen-bond acceptors (Lipinski definition) is 9. The fourth-order valence-corrected chi connectivity index (χ4v) is 4.42. The van der Waals surface area contributed by atoms with Crippen LogP contribution in [0.15, 0.2) is 36.5 Å². The van der Waals surface area contributed by atoms with Gasteiger partial charge in [0, 0.05) is 37.0 Å². The van der Waals surface area contributed by atoms with E-state index >= 15 is 0 Å². The van der Waals surface area contributed by atoms with Gasteiger partial charge in [0.25, 0.3) is 5.91 Å². The summed E-state index contributed by atoms with van der Waals surface area (Å²) in [5.41, 5.74) is 3.03. The maximum absolute atomic E-state index is 11.5. The number of piperidine rings is 1. The summed E-state index contributed by atoms with van der Waals surface area (Å²) in [5, 5.41) is 17.3. The molecule has 3 aromatic rings. The van der Waals surface area contributed by atoms with Crippen LogP contribution in [0.3, 0.4) is 0 Å². The second-order valence-corrected chi connectivity index (χ2v) is 8.58. The SMILES string of the molecule is COc1ccc2nccc(C(O)CN3CCC(NCc4ccc5c(n4)NC(=O)CO5)CC3)c2n1. The van der Waals surface area contributed by atoms with Crippen molar-refractivity contribution in [2.24, 2.45) is 0 Å². The summed E-state index contributed by atoms with van der Waals surface area (Å²) in [5.74, 6) is 1.40. The summed E-state index contributed by atoms with van der Waals surface area (Å²) in [4.78, 5) is 27.1. The van der Waals surface area contributed by atoms with E-state index in [0.29, 0.717) is 42.1 Å². The Morgan fingerprint density at radius 3 is 2.91 bits per heavy atom. The number of carbonyl (C=O) groups excluding carboxylic acids is 1. The molecule has 5 heterocycles. The zero-order valence-electron chi connectivity index (χ0n) is 19.0. The van der Waals surface area contributed by atoms with E-state index in [2.05, 4.69) is 30.5 Å². The fraction of sp³-hybridized carbons (Fsp3) is 0.417. The largest absolute Gasteiger partial charge is 0.481 e. The number of aliphatic hydroxyl groups is 1. The maximum Gasteiger partial charge on any atom is 0.263 e. The highest BCUT2D eigenvalue weighted by Gasteiger charge is 2.23. The van der Waals surface area contributed by atoms with Crippen molar-refractivity contribution in [1.29, 1.82) is 0 Å². The second-order valence-electron chi connectivity index (χ2n) is 8.58. The van der Waals surface area contributed by atoms with Gasteiger partial charge >= 0.3 is 0 Å². The first-order valence-corrected chi connectivity index (χ1v) is 11.4. The fourth-order valence-electron chi connectivity index (χ4n) is 4.42. The molecule has 0 spiro atoms. The number of aliphatic hydroxyl groups excluding tert-OH is 1.